The van der Waals surface area contributed by atoms with Crippen LogP contribution >= 0.6 is 0 Å². The summed E-state index contributed by atoms with van der Waals surface area (Å²) in [5.74, 6) is 3.55. The molecule has 132 valence electrons. The highest BCUT2D eigenvalue weighted by Crippen LogP contribution is 2.52. The van der Waals surface area contributed by atoms with Gasteiger partial charge in [0.1, 0.15) is 0 Å². The number of nitrogens with zero attached hydrogens (tertiary/aromatic N) is 1. The van der Waals surface area contributed by atoms with Gasteiger partial charge in [-0.1, -0.05) is 12.1 Å². The molecule has 0 N–H and O–H groups in total. The third kappa shape index (κ3) is 2.42. The predicted molar refractivity (Wildman–Crippen MR) is 95.4 cm³/mol. The molecule has 2 aromatic rings. The summed E-state index contributed by atoms with van der Waals surface area (Å²) < 4.78 is 23.1. The maximum Gasteiger partial charge on any atom is 0.204 e. The first-order chi connectivity index (χ1) is 12.2. The zero-order valence-electron chi connectivity index (χ0n) is 15.1. The van der Waals surface area contributed by atoms with Crippen LogP contribution < -0.4 is 18.9 Å². The van der Waals surface area contributed by atoms with Crippen LogP contribution in [0.4, 0.5) is 0 Å². The Hall–Kier alpha value is -2.40. The quantitative estimate of drug-likeness (QED) is 0.853. The van der Waals surface area contributed by atoms with Gasteiger partial charge in [-0.15, -0.1) is 0 Å². The number of fused-ring (bicyclic) bond motifs is 1. The molecule has 0 radical (unpaired) electrons. The number of hydrogen-bond donors (Lipinski definition) is 0. The van der Waals surface area contributed by atoms with Gasteiger partial charge in [0.25, 0.3) is 0 Å². The standard InChI is InChI=1S/C20H23NO4/c1-21-10-9-12-5-7-15(22-2)19-17(12)14(21)11-13-6-8-16(23-3)20(24-4)18(13)25-19/h5-8,14H,9-11H2,1-4H3/t14-/m0/s1. The average molecular weight is 341 g/mol. The molecule has 1 atom stereocenters. The van der Waals surface area contributed by atoms with Crippen molar-refractivity contribution in [1.29, 1.82) is 0 Å². The van der Waals surface area contributed by atoms with E-state index in [0.717, 1.165) is 42.2 Å². The number of methoxy groups -OCH3 is 3. The molecule has 0 amide bonds. The largest absolute Gasteiger partial charge is 0.493 e. The van der Waals surface area contributed by atoms with Crippen molar-refractivity contribution in [1.82, 2.24) is 4.90 Å². The van der Waals surface area contributed by atoms with Crippen molar-refractivity contribution in [2.75, 3.05) is 34.9 Å². The number of rotatable bonds is 3. The van der Waals surface area contributed by atoms with Gasteiger partial charge in [0.05, 0.1) is 21.3 Å². The van der Waals surface area contributed by atoms with Crippen molar-refractivity contribution >= 4 is 0 Å². The van der Waals surface area contributed by atoms with Crippen molar-refractivity contribution < 1.29 is 18.9 Å². The minimum absolute atomic E-state index is 0.258. The molecule has 0 spiro atoms. The maximum absolute atomic E-state index is 6.43. The normalized spacial score (nSPS) is 18.5. The molecule has 0 unspecified atom stereocenters. The first-order valence-electron chi connectivity index (χ1n) is 8.49. The van der Waals surface area contributed by atoms with Gasteiger partial charge in [-0.25, -0.2) is 0 Å². The van der Waals surface area contributed by atoms with Gasteiger partial charge in [0.2, 0.25) is 5.75 Å². The third-order valence-electron chi connectivity index (χ3n) is 5.27. The lowest BCUT2D eigenvalue weighted by atomic mass is 9.88. The van der Waals surface area contributed by atoms with Crippen LogP contribution in [-0.4, -0.2) is 39.8 Å². The molecule has 2 aliphatic heterocycles. The number of ether oxygens (including phenoxy) is 4. The highest BCUT2D eigenvalue weighted by molar-refractivity contribution is 5.63. The van der Waals surface area contributed by atoms with E-state index in [1.807, 2.05) is 12.1 Å². The van der Waals surface area contributed by atoms with Crippen LogP contribution in [0, 0.1) is 0 Å². The Morgan fingerprint density at radius 3 is 2.36 bits per heavy atom. The molecule has 2 aromatic carbocycles. The minimum atomic E-state index is 0.258. The van der Waals surface area contributed by atoms with Gasteiger partial charge < -0.3 is 18.9 Å². The molecule has 0 bridgehead atoms. The second kappa shape index (κ2) is 6.15. The Morgan fingerprint density at radius 2 is 1.64 bits per heavy atom. The van der Waals surface area contributed by atoms with E-state index in [4.69, 9.17) is 18.9 Å². The van der Waals surface area contributed by atoms with Crippen LogP contribution in [0.5, 0.6) is 28.7 Å². The monoisotopic (exact) mass is 341 g/mol. The molecule has 0 fully saturated rings. The van der Waals surface area contributed by atoms with Gasteiger partial charge in [0.15, 0.2) is 23.0 Å². The van der Waals surface area contributed by atoms with Crippen molar-refractivity contribution in [3.8, 4) is 28.7 Å². The summed E-state index contributed by atoms with van der Waals surface area (Å²) in [5, 5.41) is 0. The second-order valence-corrected chi connectivity index (χ2v) is 6.51. The molecular formula is C20H23NO4. The summed E-state index contributed by atoms with van der Waals surface area (Å²) in [7, 11) is 7.13. The molecule has 4 rings (SSSR count). The van der Waals surface area contributed by atoms with E-state index < -0.39 is 0 Å². The fourth-order valence-electron chi connectivity index (χ4n) is 3.92. The van der Waals surface area contributed by atoms with Gasteiger partial charge in [-0.2, -0.15) is 0 Å². The molecule has 5 heteroatoms. The molecule has 0 aliphatic carbocycles. The smallest absolute Gasteiger partial charge is 0.204 e. The highest BCUT2D eigenvalue weighted by Gasteiger charge is 2.35. The SMILES string of the molecule is COc1ccc2c(c1OC)Oc1c(OC)ccc3c1[C@H](C2)N(C)CC3. The summed E-state index contributed by atoms with van der Waals surface area (Å²) in [6.07, 6.45) is 1.87. The lowest BCUT2D eigenvalue weighted by molar-refractivity contribution is 0.228. The van der Waals surface area contributed by atoms with Crippen molar-refractivity contribution in [3.05, 3.63) is 41.0 Å². The number of hydrogen-bond acceptors (Lipinski definition) is 5. The van der Waals surface area contributed by atoms with Crippen LogP contribution in [0.15, 0.2) is 24.3 Å². The van der Waals surface area contributed by atoms with Gasteiger partial charge in [-0.05, 0) is 37.6 Å². The van der Waals surface area contributed by atoms with E-state index in [1.165, 1.54) is 11.1 Å². The molecule has 5 nitrogen and oxygen atoms in total. The van der Waals surface area contributed by atoms with Crippen molar-refractivity contribution in [2.45, 2.75) is 18.9 Å². The second-order valence-electron chi connectivity index (χ2n) is 6.51. The van der Waals surface area contributed by atoms with Gasteiger partial charge >= 0.3 is 0 Å². The molecule has 0 saturated heterocycles. The van der Waals surface area contributed by atoms with Crippen LogP contribution in [0.25, 0.3) is 0 Å². The Kier molecular flexibility index (Phi) is 3.96. The lowest BCUT2D eigenvalue weighted by Gasteiger charge is -2.34. The van der Waals surface area contributed by atoms with Crippen molar-refractivity contribution in [2.24, 2.45) is 0 Å². The maximum atomic E-state index is 6.43. The fourth-order valence-corrected chi connectivity index (χ4v) is 3.92. The van der Waals surface area contributed by atoms with E-state index in [1.54, 1.807) is 21.3 Å². The van der Waals surface area contributed by atoms with E-state index in [-0.39, 0.29) is 6.04 Å². The van der Waals surface area contributed by atoms with Crippen LogP contribution in [0.3, 0.4) is 0 Å². The summed E-state index contributed by atoms with van der Waals surface area (Å²) in [5.41, 5.74) is 3.67. The van der Waals surface area contributed by atoms with Crippen LogP contribution in [0.2, 0.25) is 0 Å². The Labute approximate surface area is 148 Å². The number of likely N-dealkylation sites (N-methyl/N-ethyl adjacent to an activating group) is 1. The lowest BCUT2D eigenvalue weighted by Crippen LogP contribution is -2.33. The van der Waals surface area contributed by atoms with Crippen LogP contribution in [-0.2, 0) is 12.8 Å². The Balaban J connectivity index is 1.97. The summed E-state index contributed by atoms with van der Waals surface area (Å²) in [4.78, 5) is 2.39. The van der Waals surface area contributed by atoms with E-state index in [2.05, 4.69) is 24.1 Å². The minimum Gasteiger partial charge on any atom is -0.493 e. The highest BCUT2D eigenvalue weighted by atomic mass is 16.5. The summed E-state index contributed by atoms with van der Waals surface area (Å²) in [6, 6.07) is 8.42. The Bertz CT molecular complexity index is 818. The number of benzene rings is 2. The molecule has 0 saturated carbocycles. The molecule has 25 heavy (non-hydrogen) atoms. The molecule has 0 aromatic heterocycles. The van der Waals surface area contributed by atoms with Crippen molar-refractivity contribution in [3.63, 3.8) is 0 Å². The first-order valence-corrected chi connectivity index (χ1v) is 8.49. The zero-order chi connectivity index (χ0) is 17.6. The van der Waals surface area contributed by atoms with Gasteiger partial charge in [0, 0.05) is 23.7 Å². The predicted octanol–water partition coefficient (Wildman–Crippen LogP) is 3.59. The molecular weight excluding hydrogens is 318 g/mol. The third-order valence-corrected chi connectivity index (χ3v) is 5.27. The van der Waals surface area contributed by atoms with Crippen LogP contribution in [0.1, 0.15) is 22.7 Å². The zero-order valence-corrected chi connectivity index (χ0v) is 15.1. The first kappa shape index (κ1) is 16.1. The topological polar surface area (TPSA) is 40.2 Å². The fraction of sp³-hybridized carbons (Fsp3) is 0.400. The van der Waals surface area contributed by atoms with Gasteiger partial charge in [-0.3, -0.25) is 4.90 Å². The van der Waals surface area contributed by atoms with E-state index in [9.17, 15) is 0 Å². The summed E-state index contributed by atoms with van der Waals surface area (Å²) >= 11 is 0. The molecule has 2 heterocycles. The molecule has 2 aliphatic rings. The average Bonchev–Trinajstić information content (AvgIpc) is 2.82. The summed E-state index contributed by atoms with van der Waals surface area (Å²) in [6.45, 7) is 1.03. The Morgan fingerprint density at radius 1 is 0.920 bits per heavy atom. The van der Waals surface area contributed by atoms with E-state index in [0.29, 0.717) is 11.5 Å². The van der Waals surface area contributed by atoms with E-state index >= 15 is 0 Å².